The van der Waals surface area contributed by atoms with Gasteiger partial charge in [-0.3, -0.25) is 19.7 Å². The van der Waals surface area contributed by atoms with Gasteiger partial charge < -0.3 is 10.2 Å². The number of nitro benzene ring substituents is 1. The lowest BCUT2D eigenvalue weighted by atomic mass is 9.99. The summed E-state index contributed by atoms with van der Waals surface area (Å²) in [5.41, 5.74) is -0.154. The fourth-order valence-electron chi connectivity index (χ4n) is 2.25. The largest absolute Gasteiger partial charge is 0.334 e. The number of piperidine rings is 1. The van der Waals surface area contributed by atoms with Gasteiger partial charge in [0.2, 0.25) is 0 Å². The molecule has 1 aromatic carbocycles. The Hall–Kier alpha value is -2.15. The number of amides is 2. The van der Waals surface area contributed by atoms with Crippen molar-refractivity contribution in [1.82, 2.24) is 4.90 Å². The van der Waals surface area contributed by atoms with E-state index in [4.69, 9.17) is 11.6 Å². The maximum Gasteiger partial charge on any atom is 0.313 e. The normalized spacial score (nSPS) is 15.5. The number of nitrogens with one attached hydrogen (secondary N) is 1. The van der Waals surface area contributed by atoms with Crippen LogP contribution >= 0.6 is 11.6 Å². The first-order valence-corrected chi connectivity index (χ1v) is 7.30. The third-order valence-electron chi connectivity index (χ3n) is 3.67. The van der Waals surface area contributed by atoms with Gasteiger partial charge in [-0.2, -0.15) is 0 Å². The first-order valence-electron chi connectivity index (χ1n) is 6.92. The van der Waals surface area contributed by atoms with E-state index in [0.717, 1.165) is 18.9 Å². The van der Waals surface area contributed by atoms with Gasteiger partial charge in [-0.1, -0.05) is 18.5 Å². The summed E-state index contributed by atoms with van der Waals surface area (Å²) in [7, 11) is 0. The molecule has 7 nitrogen and oxygen atoms in total. The Bertz CT molecular complexity index is 612. The Morgan fingerprint density at radius 1 is 1.36 bits per heavy atom. The highest BCUT2D eigenvalue weighted by atomic mass is 35.5. The maximum absolute atomic E-state index is 12.1. The zero-order chi connectivity index (χ0) is 16.3. The Morgan fingerprint density at radius 2 is 2.00 bits per heavy atom. The molecule has 0 bridgehead atoms. The summed E-state index contributed by atoms with van der Waals surface area (Å²) in [5, 5.41) is 13.2. The molecule has 1 aliphatic heterocycles. The van der Waals surface area contributed by atoms with Gasteiger partial charge >= 0.3 is 11.8 Å². The Kier molecular flexibility index (Phi) is 4.97. The molecule has 1 heterocycles. The maximum atomic E-state index is 12.1. The molecule has 0 saturated carbocycles. The van der Waals surface area contributed by atoms with E-state index in [-0.39, 0.29) is 16.4 Å². The lowest BCUT2D eigenvalue weighted by Gasteiger charge is -2.29. The predicted octanol–water partition coefficient (Wildman–Crippen LogP) is 2.45. The molecular formula is C14H16ClN3O4. The molecule has 0 aliphatic carbocycles. The molecule has 0 spiro atoms. The average Bonchev–Trinajstić information content (AvgIpc) is 2.49. The SMILES string of the molecule is CC1CCN(C(=O)C(=O)Nc2cc([N+](=O)[O-])ccc2Cl)CC1. The number of anilines is 1. The number of carbonyl (C=O) groups excluding carboxylic acids is 2. The minimum atomic E-state index is -0.836. The number of carbonyl (C=O) groups is 2. The summed E-state index contributed by atoms with van der Waals surface area (Å²) < 4.78 is 0. The highest BCUT2D eigenvalue weighted by Gasteiger charge is 2.26. The van der Waals surface area contributed by atoms with E-state index < -0.39 is 16.7 Å². The molecule has 0 atom stereocenters. The fourth-order valence-corrected chi connectivity index (χ4v) is 2.42. The zero-order valence-electron chi connectivity index (χ0n) is 12.0. The molecule has 8 heteroatoms. The van der Waals surface area contributed by atoms with Gasteiger partial charge in [0.05, 0.1) is 15.6 Å². The Morgan fingerprint density at radius 3 is 2.59 bits per heavy atom. The van der Waals surface area contributed by atoms with E-state index in [1.807, 2.05) is 0 Å². The molecule has 1 fully saturated rings. The van der Waals surface area contributed by atoms with E-state index in [1.165, 1.54) is 17.0 Å². The van der Waals surface area contributed by atoms with Gasteiger partial charge in [-0.25, -0.2) is 0 Å². The van der Waals surface area contributed by atoms with Crippen molar-refractivity contribution in [2.24, 2.45) is 5.92 Å². The third kappa shape index (κ3) is 3.73. The van der Waals surface area contributed by atoms with Gasteiger partial charge in [0, 0.05) is 25.2 Å². The number of halogens is 1. The number of benzene rings is 1. The smallest absolute Gasteiger partial charge is 0.313 e. The van der Waals surface area contributed by atoms with Crippen LogP contribution in [0.2, 0.25) is 5.02 Å². The summed E-state index contributed by atoms with van der Waals surface area (Å²) in [4.78, 5) is 35.7. The second-order valence-corrected chi connectivity index (χ2v) is 5.76. The standard InChI is InChI=1S/C14H16ClN3O4/c1-9-4-6-17(7-5-9)14(20)13(19)16-12-8-10(18(21)22)2-3-11(12)15/h2-3,8-9H,4-7H2,1H3,(H,16,19). The van der Waals surface area contributed by atoms with Crippen molar-refractivity contribution >= 4 is 34.8 Å². The highest BCUT2D eigenvalue weighted by Crippen LogP contribution is 2.26. The quantitative estimate of drug-likeness (QED) is 0.513. The molecule has 1 N–H and O–H groups in total. The summed E-state index contributed by atoms with van der Waals surface area (Å²) in [5.74, 6) is -0.940. The molecule has 1 aliphatic rings. The number of non-ortho nitro benzene ring substituents is 1. The van der Waals surface area contributed by atoms with Crippen molar-refractivity contribution in [3.05, 3.63) is 33.3 Å². The van der Waals surface area contributed by atoms with Crippen molar-refractivity contribution in [3.8, 4) is 0 Å². The van der Waals surface area contributed by atoms with Crippen LogP contribution in [0.4, 0.5) is 11.4 Å². The molecule has 22 heavy (non-hydrogen) atoms. The molecule has 0 unspecified atom stereocenters. The third-order valence-corrected chi connectivity index (χ3v) is 4.00. The lowest BCUT2D eigenvalue weighted by molar-refractivity contribution is -0.384. The van der Waals surface area contributed by atoms with Gasteiger partial charge in [-0.05, 0) is 24.8 Å². The van der Waals surface area contributed by atoms with Crippen LogP contribution < -0.4 is 5.32 Å². The molecule has 2 rings (SSSR count). The number of hydrogen-bond acceptors (Lipinski definition) is 4. The van der Waals surface area contributed by atoms with Crippen molar-refractivity contribution in [3.63, 3.8) is 0 Å². The summed E-state index contributed by atoms with van der Waals surface area (Å²) in [6.45, 7) is 3.18. The van der Waals surface area contributed by atoms with Crippen LogP contribution in [0, 0.1) is 16.0 Å². The second kappa shape index (κ2) is 6.74. The first-order chi connectivity index (χ1) is 10.4. The van der Waals surface area contributed by atoms with Gasteiger partial charge in [0.15, 0.2) is 0 Å². The van der Waals surface area contributed by atoms with Crippen molar-refractivity contribution < 1.29 is 14.5 Å². The number of nitro groups is 1. The summed E-state index contributed by atoms with van der Waals surface area (Å²) >= 11 is 5.89. The van der Waals surface area contributed by atoms with Crippen molar-refractivity contribution in [1.29, 1.82) is 0 Å². The van der Waals surface area contributed by atoms with Crippen LogP contribution in [0.5, 0.6) is 0 Å². The van der Waals surface area contributed by atoms with Gasteiger partial charge in [0.25, 0.3) is 5.69 Å². The topological polar surface area (TPSA) is 92.6 Å². The Labute approximate surface area is 132 Å². The lowest BCUT2D eigenvalue weighted by Crippen LogP contribution is -2.43. The first kappa shape index (κ1) is 16.2. The van der Waals surface area contributed by atoms with Crippen LogP contribution in [-0.2, 0) is 9.59 Å². The van der Waals surface area contributed by atoms with Crippen molar-refractivity contribution in [2.75, 3.05) is 18.4 Å². The molecule has 1 saturated heterocycles. The molecule has 0 aromatic heterocycles. The number of hydrogen-bond donors (Lipinski definition) is 1. The molecule has 0 radical (unpaired) electrons. The number of likely N-dealkylation sites (tertiary alicyclic amines) is 1. The molecule has 2 amide bonds. The predicted molar refractivity (Wildman–Crippen MR) is 81.7 cm³/mol. The monoisotopic (exact) mass is 325 g/mol. The number of nitrogens with zero attached hydrogens (tertiary/aromatic N) is 2. The zero-order valence-corrected chi connectivity index (χ0v) is 12.8. The van der Waals surface area contributed by atoms with Crippen LogP contribution in [0.15, 0.2) is 18.2 Å². The summed E-state index contributed by atoms with van der Waals surface area (Å²) in [6.07, 6.45) is 1.72. The van der Waals surface area contributed by atoms with Crippen LogP contribution in [0.3, 0.4) is 0 Å². The van der Waals surface area contributed by atoms with Crippen molar-refractivity contribution in [2.45, 2.75) is 19.8 Å². The minimum absolute atomic E-state index is 0.0552. The van der Waals surface area contributed by atoms with Gasteiger partial charge in [0.1, 0.15) is 0 Å². The molecule has 118 valence electrons. The van der Waals surface area contributed by atoms with Crippen LogP contribution in [0.25, 0.3) is 0 Å². The Balaban J connectivity index is 2.06. The number of rotatable bonds is 2. The fraction of sp³-hybridized carbons (Fsp3) is 0.429. The van der Waals surface area contributed by atoms with E-state index in [9.17, 15) is 19.7 Å². The average molecular weight is 326 g/mol. The summed E-state index contributed by atoms with van der Waals surface area (Å²) in [6, 6.07) is 3.67. The minimum Gasteiger partial charge on any atom is -0.334 e. The molecule has 1 aromatic rings. The molecular weight excluding hydrogens is 310 g/mol. The van der Waals surface area contributed by atoms with E-state index in [0.29, 0.717) is 19.0 Å². The van der Waals surface area contributed by atoms with Gasteiger partial charge in [-0.15, -0.1) is 0 Å². The van der Waals surface area contributed by atoms with E-state index in [1.54, 1.807) is 0 Å². The highest BCUT2D eigenvalue weighted by molar-refractivity contribution is 6.41. The second-order valence-electron chi connectivity index (χ2n) is 5.35. The van der Waals surface area contributed by atoms with E-state index in [2.05, 4.69) is 12.2 Å². The van der Waals surface area contributed by atoms with Crippen LogP contribution in [0.1, 0.15) is 19.8 Å². The van der Waals surface area contributed by atoms with Crippen LogP contribution in [-0.4, -0.2) is 34.7 Å². The van der Waals surface area contributed by atoms with E-state index >= 15 is 0 Å².